The fraction of sp³-hybridized carbons (Fsp3) is 0.500. The maximum atomic E-state index is 12.2. The van der Waals surface area contributed by atoms with Crippen molar-refractivity contribution in [2.45, 2.75) is 38.5 Å². The third-order valence-corrected chi connectivity index (χ3v) is 2.91. The topological polar surface area (TPSA) is 49.3 Å². The Kier molecular flexibility index (Phi) is 6.01. The van der Waals surface area contributed by atoms with E-state index in [1.54, 1.807) is 0 Å². The molecule has 0 spiro atoms. The van der Waals surface area contributed by atoms with E-state index in [-0.39, 0.29) is 6.42 Å². The molecule has 0 heterocycles. The first-order valence-electron chi connectivity index (χ1n) is 6.35. The average molecular weight is 289 g/mol. The van der Waals surface area contributed by atoms with E-state index in [4.69, 9.17) is 5.11 Å². The van der Waals surface area contributed by atoms with Crippen LogP contribution in [0.5, 0.6) is 0 Å². The number of hydrogen-bond donors (Lipinski definition) is 2. The minimum Gasteiger partial charge on any atom is -0.480 e. The van der Waals surface area contributed by atoms with Crippen molar-refractivity contribution >= 4 is 5.97 Å². The number of nitrogens with one attached hydrogen (secondary N) is 1. The van der Waals surface area contributed by atoms with Crippen LogP contribution in [0.15, 0.2) is 30.3 Å². The van der Waals surface area contributed by atoms with Crippen LogP contribution in [0.4, 0.5) is 13.2 Å². The molecule has 20 heavy (non-hydrogen) atoms. The van der Waals surface area contributed by atoms with Gasteiger partial charge in [-0.25, -0.2) is 0 Å². The maximum absolute atomic E-state index is 12.2. The molecule has 3 nitrogen and oxygen atoms in total. The van der Waals surface area contributed by atoms with Gasteiger partial charge in [0.15, 0.2) is 0 Å². The van der Waals surface area contributed by atoms with E-state index in [0.29, 0.717) is 6.54 Å². The Morgan fingerprint density at radius 3 is 2.40 bits per heavy atom. The maximum Gasteiger partial charge on any atom is 0.389 e. The second kappa shape index (κ2) is 7.28. The van der Waals surface area contributed by atoms with Crippen LogP contribution in [0.1, 0.15) is 25.3 Å². The number of carboxylic acids is 1. The van der Waals surface area contributed by atoms with Crippen molar-refractivity contribution in [3.8, 4) is 0 Å². The molecule has 2 N–H and O–H groups in total. The minimum atomic E-state index is -4.26. The Balaban J connectivity index is 2.51. The van der Waals surface area contributed by atoms with Gasteiger partial charge in [-0.1, -0.05) is 37.3 Å². The van der Waals surface area contributed by atoms with Gasteiger partial charge in [-0.2, -0.15) is 13.2 Å². The molecule has 0 saturated heterocycles. The van der Waals surface area contributed by atoms with E-state index >= 15 is 0 Å². The molecule has 1 rings (SSSR count). The standard InChI is InChI=1S/C14H18F3NO2/c1-10(8-14(15,16)17)7-12(13(19)20)18-9-11-5-3-2-4-6-11/h2-6,10,12,18H,7-9H2,1H3,(H,19,20). The van der Waals surface area contributed by atoms with Crippen LogP contribution in [0, 0.1) is 5.92 Å². The lowest BCUT2D eigenvalue weighted by atomic mass is 9.98. The zero-order chi connectivity index (χ0) is 15.2. The molecule has 0 aliphatic carbocycles. The van der Waals surface area contributed by atoms with Gasteiger partial charge >= 0.3 is 12.1 Å². The Morgan fingerprint density at radius 1 is 1.30 bits per heavy atom. The number of aliphatic carboxylic acids is 1. The molecule has 6 heteroatoms. The predicted octanol–water partition coefficient (Wildman–Crippen LogP) is 3.21. The quantitative estimate of drug-likeness (QED) is 0.810. The van der Waals surface area contributed by atoms with Gasteiger partial charge in [-0.3, -0.25) is 4.79 Å². The van der Waals surface area contributed by atoms with Crippen molar-refractivity contribution in [2.75, 3.05) is 0 Å². The average Bonchev–Trinajstić information content (AvgIpc) is 2.33. The number of benzene rings is 1. The zero-order valence-electron chi connectivity index (χ0n) is 11.2. The summed E-state index contributed by atoms with van der Waals surface area (Å²) >= 11 is 0. The summed E-state index contributed by atoms with van der Waals surface area (Å²) in [5.41, 5.74) is 0.891. The summed E-state index contributed by atoms with van der Waals surface area (Å²) in [7, 11) is 0. The molecule has 0 aliphatic heterocycles. The van der Waals surface area contributed by atoms with Crippen molar-refractivity contribution in [1.29, 1.82) is 0 Å². The smallest absolute Gasteiger partial charge is 0.389 e. The normalized spacial score (nSPS) is 14.8. The first-order valence-corrected chi connectivity index (χ1v) is 6.35. The lowest BCUT2D eigenvalue weighted by Crippen LogP contribution is -2.38. The van der Waals surface area contributed by atoms with Crippen LogP contribution in [0.2, 0.25) is 0 Å². The fourth-order valence-corrected chi connectivity index (χ4v) is 1.99. The number of alkyl halides is 3. The summed E-state index contributed by atoms with van der Waals surface area (Å²) in [6.07, 6.45) is -5.28. The van der Waals surface area contributed by atoms with Crippen LogP contribution in [-0.4, -0.2) is 23.3 Å². The molecule has 2 unspecified atom stereocenters. The number of halogens is 3. The molecular weight excluding hydrogens is 271 g/mol. The lowest BCUT2D eigenvalue weighted by Gasteiger charge is -2.20. The molecule has 0 saturated carbocycles. The third kappa shape index (κ3) is 6.56. The molecular formula is C14H18F3NO2. The molecule has 0 aromatic heterocycles. The van der Waals surface area contributed by atoms with E-state index in [1.807, 2.05) is 30.3 Å². The Labute approximate surface area is 115 Å². The molecule has 0 radical (unpaired) electrons. The monoisotopic (exact) mass is 289 g/mol. The second-order valence-corrected chi connectivity index (χ2v) is 4.92. The highest BCUT2D eigenvalue weighted by Crippen LogP contribution is 2.27. The highest BCUT2D eigenvalue weighted by atomic mass is 19.4. The largest absolute Gasteiger partial charge is 0.480 e. The van der Waals surface area contributed by atoms with Crippen LogP contribution >= 0.6 is 0 Å². The van der Waals surface area contributed by atoms with Crippen LogP contribution < -0.4 is 5.32 Å². The van der Waals surface area contributed by atoms with Gasteiger partial charge in [0.2, 0.25) is 0 Å². The first-order chi connectivity index (χ1) is 9.28. The summed E-state index contributed by atoms with van der Waals surface area (Å²) < 4.78 is 36.7. The minimum absolute atomic E-state index is 0.0539. The van der Waals surface area contributed by atoms with Crippen LogP contribution in [0.3, 0.4) is 0 Å². The second-order valence-electron chi connectivity index (χ2n) is 4.92. The summed E-state index contributed by atoms with van der Waals surface area (Å²) in [4.78, 5) is 11.1. The van der Waals surface area contributed by atoms with Crippen molar-refractivity contribution in [3.63, 3.8) is 0 Å². The summed E-state index contributed by atoms with van der Waals surface area (Å²) in [5.74, 6) is -1.87. The fourth-order valence-electron chi connectivity index (χ4n) is 1.99. The first kappa shape index (κ1) is 16.5. The number of rotatable bonds is 7. The third-order valence-electron chi connectivity index (χ3n) is 2.91. The van der Waals surface area contributed by atoms with Gasteiger partial charge in [0.05, 0.1) is 0 Å². The van der Waals surface area contributed by atoms with Crippen molar-refractivity contribution < 1.29 is 23.1 Å². The van der Waals surface area contributed by atoms with Crippen molar-refractivity contribution in [3.05, 3.63) is 35.9 Å². The number of carbonyl (C=O) groups is 1. The molecule has 1 aromatic rings. The number of carboxylic acid groups (broad SMARTS) is 1. The van der Waals surface area contributed by atoms with Gasteiger partial charge in [0.1, 0.15) is 6.04 Å². The molecule has 0 amide bonds. The summed E-state index contributed by atoms with van der Waals surface area (Å²) in [5, 5.41) is 11.8. The van der Waals surface area contributed by atoms with Crippen LogP contribution in [-0.2, 0) is 11.3 Å². The predicted molar refractivity (Wildman–Crippen MR) is 69.2 cm³/mol. The van der Waals surface area contributed by atoms with Gasteiger partial charge in [0, 0.05) is 13.0 Å². The van der Waals surface area contributed by atoms with E-state index in [9.17, 15) is 18.0 Å². The van der Waals surface area contributed by atoms with Crippen molar-refractivity contribution in [1.82, 2.24) is 5.32 Å². The lowest BCUT2D eigenvalue weighted by molar-refractivity contribution is -0.148. The molecule has 112 valence electrons. The molecule has 0 aliphatic rings. The van der Waals surface area contributed by atoms with E-state index in [0.717, 1.165) is 5.56 Å². The van der Waals surface area contributed by atoms with Gasteiger partial charge in [0.25, 0.3) is 0 Å². The number of hydrogen-bond acceptors (Lipinski definition) is 2. The summed E-state index contributed by atoms with van der Waals surface area (Å²) in [6.45, 7) is 1.73. The van der Waals surface area contributed by atoms with Crippen LogP contribution in [0.25, 0.3) is 0 Å². The van der Waals surface area contributed by atoms with E-state index in [2.05, 4.69) is 5.32 Å². The van der Waals surface area contributed by atoms with Gasteiger partial charge < -0.3 is 10.4 Å². The Bertz CT molecular complexity index is 420. The van der Waals surface area contributed by atoms with E-state index in [1.165, 1.54) is 6.92 Å². The molecule has 0 fully saturated rings. The van der Waals surface area contributed by atoms with Crippen molar-refractivity contribution in [2.24, 2.45) is 5.92 Å². The highest BCUT2D eigenvalue weighted by Gasteiger charge is 2.32. The molecule has 2 atom stereocenters. The highest BCUT2D eigenvalue weighted by molar-refractivity contribution is 5.73. The molecule has 0 bridgehead atoms. The van der Waals surface area contributed by atoms with Gasteiger partial charge in [-0.05, 0) is 17.9 Å². The molecule has 1 aromatic carbocycles. The van der Waals surface area contributed by atoms with Gasteiger partial charge in [-0.15, -0.1) is 0 Å². The summed E-state index contributed by atoms with van der Waals surface area (Å²) in [6, 6.07) is 8.14. The Hall–Kier alpha value is -1.56. The van der Waals surface area contributed by atoms with E-state index < -0.39 is 30.5 Å². The SMILES string of the molecule is CC(CC(NCc1ccccc1)C(=O)O)CC(F)(F)F. The Morgan fingerprint density at radius 2 is 1.90 bits per heavy atom. The zero-order valence-corrected chi connectivity index (χ0v) is 11.2.